The second-order valence-corrected chi connectivity index (χ2v) is 19.8. The van der Waals surface area contributed by atoms with Gasteiger partial charge in [-0.15, -0.1) is 0 Å². The van der Waals surface area contributed by atoms with Crippen LogP contribution in [0.25, 0.3) is 11.1 Å². The summed E-state index contributed by atoms with van der Waals surface area (Å²) >= 11 is 6.47. The number of pyridine rings is 1. The monoisotopic (exact) mass is 646 g/mol. The van der Waals surface area contributed by atoms with Crippen molar-refractivity contribution in [1.29, 1.82) is 0 Å². The number of carbonyl (C=O) groups is 3. The van der Waals surface area contributed by atoms with Crippen molar-refractivity contribution in [3.05, 3.63) is 46.7 Å². The molecular formula is C33H47ClN2O7Si. The zero-order valence-electron chi connectivity index (χ0n) is 28.1. The van der Waals surface area contributed by atoms with Crippen molar-refractivity contribution in [2.24, 2.45) is 0 Å². The lowest BCUT2D eigenvalue weighted by molar-refractivity contribution is -0.145. The van der Waals surface area contributed by atoms with Gasteiger partial charge in [0.05, 0.1) is 24.1 Å². The number of carbonyl (C=O) groups excluding carboxylic acids is 3. The number of anilines is 1. The van der Waals surface area contributed by atoms with E-state index in [9.17, 15) is 14.4 Å². The Labute approximate surface area is 267 Å². The lowest BCUT2D eigenvalue weighted by Crippen LogP contribution is -2.44. The van der Waals surface area contributed by atoms with Gasteiger partial charge < -0.3 is 18.6 Å². The Morgan fingerprint density at radius 2 is 1.52 bits per heavy atom. The van der Waals surface area contributed by atoms with Crippen LogP contribution in [0.4, 0.5) is 15.3 Å². The molecule has 1 aromatic carbocycles. The molecule has 9 nitrogen and oxygen atoms in total. The molecule has 2 aromatic rings. The van der Waals surface area contributed by atoms with Gasteiger partial charge in [0.15, 0.2) is 8.32 Å². The minimum Gasteiger partial charge on any atom is -0.465 e. The van der Waals surface area contributed by atoms with Crippen molar-refractivity contribution in [2.75, 3.05) is 11.5 Å². The number of nitrogens with zero attached hydrogens (tertiary/aromatic N) is 2. The van der Waals surface area contributed by atoms with Gasteiger partial charge in [-0.1, -0.05) is 32.4 Å². The second-order valence-electron chi connectivity index (χ2n) is 14.6. The largest absolute Gasteiger partial charge is 0.465 e. The fourth-order valence-corrected chi connectivity index (χ4v) is 6.02. The highest BCUT2D eigenvalue weighted by Gasteiger charge is 2.45. The number of halogens is 1. The van der Waals surface area contributed by atoms with Crippen molar-refractivity contribution in [2.45, 2.75) is 117 Å². The quantitative estimate of drug-likeness (QED) is 0.174. The first-order valence-electron chi connectivity index (χ1n) is 14.9. The molecule has 242 valence electrons. The van der Waals surface area contributed by atoms with Gasteiger partial charge in [-0.25, -0.2) is 9.59 Å². The van der Waals surface area contributed by atoms with Gasteiger partial charge in [-0.2, -0.15) is 4.90 Å². The number of amides is 2. The average molecular weight is 647 g/mol. The molecule has 1 aliphatic carbocycles. The molecule has 1 aliphatic rings. The Morgan fingerprint density at radius 3 is 2.02 bits per heavy atom. The summed E-state index contributed by atoms with van der Waals surface area (Å²) in [6, 6.07) is 6.72. The SMILES string of the molecule is CCOC(=O)C1CC(O[Si](C)(C)C(C)(C)C)c2cc(-c3cc(Cl)ccc3N(C(=O)OC(C)(C)C)C(=O)OC(C)(C)C)cnc21. The van der Waals surface area contributed by atoms with Crippen LogP contribution in [0.2, 0.25) is 23.2 Å². The lowest BCUT2D eigenvalue weighted by atomic mass is 10.0. The van der Waals surface area contributed by atoms with E-state index in [1.54, 1.807) is 72.9 Å². The maximum atomic E-state index is 13.5. The Bertz CT molecular complexity index is 1380. The Morgan fingerprint density at radius 1 is 0.955 bits per heavy atom. The molecule has 0 aliphatic heterocycles. The van der Waals surface area contributed by atoms with Gasteiger partial charge in [0.1, 0.15) is 17.1 Å². The molecule has 0 saturated heterocycles. The first kappa shape index (κ1) is 35.5. The highest BCUT2D eigenvalue weighted by molar-refractivity contribution is 6.74. The first-order valence-corrected chi connectivity index (χ1v) is 18.2. The van der Waals surface area contributed by atoms with Crippen molar-refractivity contribution in [1.82, 2.24) is 4.98 Å². The number of aromatic nitrogens is 1. The molecule has 2 unspecified atom stereocenters. The number of fused-ring (bicyclic) bond motifs is 1. The third-order valence-electron chi connectivity index (χ3n) is 7.55. The molecule has 0 radical (unpaired) electrons. The summed E-state index contributed by atoms with van der Waals surface area (Å²) in [6.07, 6.45) is -0.182. The van der Waals surface area contributed by atoms with Crippen LogP contribution in [0.3, 0.4) is 0 Å². The second kappa shape index (κ2) is 12.8. The van der Waals surface area contributed by atoms with E-state index in [2.05, 4.69) is 33.9 Å². The summed E-state index contributed by atoms with van der Waals surface area (Å²) < 4.78 is 23.5. The van der Waals surface area contributed by atoms with Crippen LogP contribution >= 0.6 is 11.6 Å². The number of hydrogen-bond donors (Lipinski definition) is 0. The average Bonchev–Trinajstić information content (AvgIpc) is 3.19. The fraction of sp³-hybridized carbons (Fsp3) is 0.576. The summed E-state index contributed by atoms with van der Waals surface area (Å²) in [5.74, 6) is -0.924. The Hall–Kier alpha value is -2.95. The molecule has 0 saturated carbocycles. The summed E-state index contributed by atoms with van der Waals surface area (Å²) in [4.78, 5) is 45.6. The van der Waals surface area contributed by atoms with Gasteiger partial charge in [0, 0.05) is 27.9 Å². The minimum atomic E-state index is -2.26. The minimum absolute atomic E-state index is 0.0678. The zero-order chi connectivity index (χ0) is 33.4. The number of hydrogen-bond acceptors (Lipinski definition) is 8. The predicted octanol–water partition coefficient (Wildman–Crippen LogP) is 9.19. The van der Waals surface area contributed by atoms with Gasteiger partial charge in [0.2, 0.25) is 0 Å². The van der Waals surface area contributed by atoms with Crippen LogP contribution in [0.15, 0.2) is 30.5 Å². The summed E-state index contributed by atoms with van der Waals surface area (Å²) in [6.45, 7) is 23.1. The van der Waals surface area contributed by atoms with Crippen LogP contribution in [0.1, 0.15) is 98.9 Å². The summed E-state index contributed by atoms with van der Waals surface area (Å²) in [5, 5.41) is 0.317. The molecule has 2 atom stereocenters. The maximum Gasteiger partial charge on any atom is 0.424 e. The standard InChI is InChI=1S/C33H47ClN2O7Si/c1-13-40-28(37)24-18-26(43-44(11,12)33(8,9)10)23-16-20(19-35-27(23)24)22-17-21(34)14-15-25(22)36(29(38)41-31(2,3)4)30(39)42-32(5,6)7/h14-17,19,24,26H,13,18H2,1-12H3. The smallest absolute Gasteiger partial charge is 0.424 e. The normalized spacial score (nSPS) is 17.1. The van der Waals surface area contributed by atoms with E-state index in [0.29, 0.717) is 28.3 Å². The zero-order valence-corrected chi connectivity index (χ0v) is 29.8. The van der Waals surface area contributed by atoms with Crippen molar-refractivity contribution < 1.29 is 33.0 Å². The van der Waals surface area contributed by atoms with Crippen LogP contribution in [0, 0.1) is 0 Å². The predicted molar refractivity (Wildman–Crippen MR) is 175 cm³/mol. The van der Waals surface area contributed by atoms with E-state index >= 15 is 0 Å². The van der Waals surface area contributed by atoms with Gasteiger partial charge in [-0.3, -0.25) is 9.78 Å². The summed E-state index contributed by atoms with van der Waals surface area (Å²) in [7, 11) is -2.26. The summed E-state index contributed by atoms with van der Waals surface area (Å²) in [5.41, 5.74) is 0.835. The van der Waals surface area contributed by atoms with Crippen LogP contribution < -0.4 is 4.90 Å². The lowest BCUT2D eigenvalue weighted by Gasteiger charge is -2.38. The van der Waals surface area contributed by atoms with E-state index < -0.39 is 43.7 Å². The van der Waals surface area contributed by atoms with Crippen LogP contribution in [0.5, 0.6) is 0 Å². The molecule has 1 aromatic heterocycles. The van der Waals surface area contributed by atoms with Gasteiger partial charge >= 0.3 is 18.2 Å². The molecule has 1 heterocycles. The third-order valence-corrected chi connectivity index (χ3v) is 12.3. The van der Waals surface area contributed by atoms with Crippen molar-refractivity contribution in [3.63, 3.8) is 0 Å². The van der Waals surface area contributed by atoms with E-state index in [4.69, 9.17) is 35.2 Å². The van der Waals surface area contributed by atoms with Crippen LogP contribution in [-0.4, -0.2) is 49.3 Å². The van der Waals surface area contributed by atoms with Crippen molar-refractivity contribution in [3.8, 4) is 11.1 Å². The third kappa shape index (κ3) is 8.40. The molecule has 3 rings (SSSR count). The van der Waals surface area contributed by atoms with Crippen molar-refractivity contribution >= 4 is 43.8 Å². The molecule has 0 spiro atoms. The van der Waals surface area contributed by atoms with E-state index in [1.807, 2.05) is 6.07 Å². The molecular weight excluding hydrogens is 600 g/mol. The van der Waals surface area contributed by atoms with Crippen LogP contribution in [-0.2, 0) is 23.4 Å². The molecule has 0 bridgehead atoms. The number of imide groups is 1. The molecule has 11 heteroatoms. The Balaban J connectivity index is 2.21. The van der Waals surface area contributed by atoms with E-state index in [0.717, 1.165) is 10.5 Å². The molecule has 0 N–H and O–H groups in total. The molecule has 44 heavy (non-hydrogen) atoms. The highest BCUT2D eigenvalue weighted by atomic mass is 35.5. The Kier molecular flexibility index (Phi) is 10.3. The fourth-order valence-electron chi connectivity index (χ4n) is 4.56. The topological polar surface area (TPSA) is 104 Å². The van der Waals surface area contributed by atoms with E-state index in [1.165, 1.54) is 0 Å². The number of rotatable bonds is 6. The maximum absolute atomic E-state index is 13.5. The highest BCUT2D eigenvalue weighted by Crippen LogP contribution is 2.48. The first-order chi connectivity index (χ1) is 20.0. The van der Waals surface area contributed by atoms with Gasteiger partial charge in [-0.05, 0) is 97.3 Å². The molecule has 2 amide bonds. The number of benzene rings is 1. The number of esters is 1. The number of ether oxygens (including phenoxy) is 3. The van der Waals surface area contributed by atoms with Gasteiger partial charge in [0.25, 0.3) is 0 Å². The molecule has 0 fully saturated rings. The van der Waals surface area contributed by atoms with E-state index in [-0.39, 0.29) is 23.3 Å².